The van der Waals surface area contributed by atoms with Gasteiger partial charge in [-0.05, 0) is 5.56 Å². The third-order valence-electron chi connectivity index (χ3n) is 2.39. The van der Waals surface area contributed by atoms with Gasteiger partial charge in [0.05, 0.1) is 0 Å². The van der Waals surface area contributed by atoms with Crippen molar-refractivity contribution in [1.82, 2.24) is 0 Å². The van der Waals surface area contributed by atoms with E-state index in [1.807, 2.05) is 37.3 Å². The molecule has 0 radical (unpaired) electrons. The third kappa shape index (κ3) is 3.09. The Morgan fingerprint density at radius 1 is 1.31 bits per heavy atom. The minimum absolute atomic E-state index is 0.0614. The highest BCUT2D eigenvalue weighted by molar-refractivity contribution is 5.81. The molecule has 0 unspecified atom stereocenters. The van der Waals surface area contributed by atoms with Crippen molar-refractivity contribution in [2.75, 3.05) is 0 Å². The molecule has 0 spiro atoms. The topological polar surface area (TPSA) is 26.3 Å². The number of benzene rings is 1. The van der Waals surface area contributed by atoms with Gasteiger partial charge < -0.3 is 4.74 Å². The Labute approximate surface area is 96.2 Å². The Hall–Kier alpha value is -1.83. The van der Waals surface area contributed by atoms with Crippen molar-refractivity contribution < 1.29 is 9.53 Å². The second-order valence-electron chi connectivity index (χ2n) is 3.57. The Bertz CT molecular complexity index is 368. The lowest BCUT2D eigenvalue weighted by Crippen LogP contribution is -2.15. The van der Waals surface area contributed by atoms with Crippen LogP contribution in [0.1, 0.15) is 18.6 Å². The van der Waals surface area contributed by atoms with Gasteiger partial charge in [-0.25, -0.2) is 4.79 Å². The van der Waals surface area contributed by atoms with E-state index in [2.05, 4.69) is 13.2 Å². The average Bonchev–Trinajstić information content (AvgIpc) is 2.35. The molecule has 0 saturated carbocycles. The zero-order valence-electron chi connectivity index (χ0n) is 9.43. The first-order chi connectivity index (χ1) is 7.69. The molecule has 0 aliphatic rings. The van der Waals surface area contributed by atoms with Gasteiger partial charge in [-0.1, -0.05) is 49.9 Å². The molecule has 0 aromatic heterocycles. The molecule has 0 heterocycles. The highest BCUT2D eigenvalue weighted by Crippen LogP contribution is 2.26. The van der Waals surface area contributed by atoms with Gasteiger partial charge in [-0.3, -0.25) is 0 Å². The lowest BCUT2D eigenvalue weighted by Gasteiger charge is -2.21. The molecule has 1 rings (SSSR count). The van der Waals surface area contributed by atoms with Crippen LogP contribution in [0.2, 0.25) is 0 Å². The van der Waals surface area contributed by atoms with Gasteiger partial charge in [-0.2, -0.15) is 0 Å². The number of hydrogen-bond acceptors (Lipinski definition) is 2. The number of ether oxygens (including phenoxy) is 1. The Morgan fingerprint density at radius 2 is 1.94 bits per heavy atom. The summed E-state index contributed by atoms with van der Waals surface area (Å²) in [6.45, 7) is 9.07. The third-order valence-corrected chi connectivity index (χ3v) is 2.39. The fourth-order valence-corrected chi connectivity index (χ4v) is 1.42. The highest BCUT2D eigenvalue weighted by atomic mass is 16.5. The summed E-state index contributed by atoms with van der Waals surface area (Å²) in [5, 5.41) is 0. The molecule has 0 saturated heterocycles. The predicted octanol–water partition coefficient (Wildman–Crippen LogP) is 3.28. The number of carbonyl (C=O) groups excluding carboxylic acids is 1. The fraction of sp³-hybridized carbons (Fsp3) is 0.214. The summed E-state index contributed by atoms with van der Waals surface area (Å²) < 4.78 is 5.31. The van der Waals surface area contributed by atoms with Crippen molar-refractivity contribution in [2.24, 2.45) is 5.92 Å². The zero-order valence-corrected chi connectivity index (χ0v) is 9.43. The summed E-state index contributed by atoms with van der Waals surface area (Å²) >= 11 is 0. The number of carbonyl (C=O) groups is 1. The fourth-order valence-electron chi connectivity index (χ4n) is 1.42. The van der Waals surface area contributed by atoms with E-state index in [9.17, 15) is 4.79 Å². The van der Waals surface area contributed by atoms with E-state index in [0.29, 0.717) is 0 Å². The second kappa shape index (κ2) is 5.91. The van der Waals surface area contributed by atoms with Crippen molar-refractivity contribution in [3.63, 3.8) is 0 Å². The van der Waals surface area contributed by atoms with E-state index in [1.54, 1.807) is 6.08 Å². The smallest absolute Gasteiger partial charge is 0.330 e. The lowest BCUT2D eigenvalue weighted by molar-refractivity contribution is -0.145. The standard InChI is InChI=1S/C14H16O2/c1-4-11(3)14(16-13(15)5-2)12-9-7-6-8-10-12/h4-11,14H,1-2H2,3H3/t11-,14-/m1/s1. The molecule has 0 fully saturated rings. The number of esters is 1. The maximum Gasteiger partial charge on any atom is 0.330 e. The van der Waals surface area contributed by atoms with Crippen LogP contribution in [0.25, 0.3) is 0 Å². The molecule has 0 aliphatic heterocycles. The van der Waals surface area contributed by atoms with Gasteiger partial charge in [-0.15, -0.1) is 6.58 Å². The van der Waals surface area contributed by atoms with Crippen LogP contribution >= 0.6 is 0 Å². The first-order valence-corrected chi connectivity index (χ1v) is 5.19. The SMILES string of the molecule is C=CC(=O)O[C@@H](c1ccccc1)[C@H](C)C=C. The minimum atomic E-state index is -0.414. The highest BCUT2D eigenvalue weighted by Gasteiger charge is 2.19. The van der Waals surface area contributed by atoms with E-state index >= 15 is 0 Å². The van der Waals surface area contributed by atoms with Crippen LogP contribution < -0.4 is 0 Å². The molecular weight excluding hydrogens is 200 g/mol. The van der Waals surface area contributed by atoms with Gasteiger partial charge in [0.15, 0.2) is 0 Å². The quantitative estimate of drug-likeness (QED) is 0.429. The maximum absolute atomic E-state index is 11.2. The van der Waals surface area contributed by atoms with Gasteiger partial charge in [0.2, 0.25) is 0 Å². The monoisotopic (exact) mass is 216 g/mol. The van der Waals surface area contributed by atoms with Crippen molar-refractivity contribution in [1.29, 1.82) is 0 Å². The molecule has 2 nitrogen and oxygen atoms in total. The van der Waals surface area contributed by atoms with Crippen LogP contribution in [0.3, 0.4) is 0 Å². The molecular formula is C14H16O2. The van der Waals surface area contributed by atoms with Gasteiger partial charge in [0, 0.05) is 12.0 Å². The molecule has 2 heteroatoms. The van der Waals surface area contributed by atoms with Crippen LogP contribution in [0.15, 0.2) is 55.6 Å². The molecule has 0 amide bonds. The largest absolute Gasteiger partial charge is 0.454 e. The maximum atomic E-state index is 11.2. The van der Waals surface area contributed by atoms with Crippen molar-refractivity contribution in [3.05, 3.63) is 61.2 Å². The Kier molecular flexibility index (Phi) is 4.52. The summed E-state index contributed by atoms with van der Waals surface area (Å²) in [5.74, 6) is -0.353. The predicted molar refractivity (Wildman–Crippen MR) is 64.8 cm³/mol. The van der Waals surface area contributed by atoms with Crippen molar-refractivity contribution in [2.45, 2.75) is 13.0 Å². The average molecular weight is 216 g/mol. The lowest BCUT2D eigenvalue weighted by atomic mass is 9.97. The van der Waals surface area contributed by atoms with E-state index in [4.69, 9.17) is 4.74 Å². The van der Waals surface area contributed by atoms with Crippen LogP contribution in [0.4, 0.5) is 0 Å². The van der Waals surface area contributed by atoms with Crippen LogP contribution in [0, 0.1) is 5.92 Å². The van der Waals surface area contributed by atoms with Crippen LogP contribution in [-0.2, 0) is 9.53 Å². The molecule has 2 atom stereocenters. The van der Waals surface area contributed by atoms with Crippen LogP contribution in [-0.4, -0.2) is 5.97 Å². The first-order valence-electron chi connectivity index (χ1n) is 5.19. The van der Waals surface area contributed by atoms with E-state index in [0.717, 1.165) is 5.56 Å². The Balaban J connectivity index is 2.91. The van der Waals surface area contributed by atoms with Crippen molar-refractivity contribution in [3.8, 4) is 0 Å². The van der Waals surface area contributed by atoms with Crippen molar-refractivity contribution >= 4 is 5.97 Å². The molecule has 1 aromatic rings. The molecule has 0 aliphatic carbocycles. The zero-order chi connectivity index (χ0) is 12.0. The van der Waals surface area contributed by atoms with E-state index < -0.39 is 5.97 Å². The first kappa shape index (κ1) is 12.2. The molecule has 0 N–H and O–H groups in total. The molecule has 84 valence electrons. The summed E-state index contributed by atoms with van der Waals surface area (Å²) in [5.41, 5.74) is 0.963. The summed E-state index contributed by atoms with van der Waals surface area (Å²) in [4.78, 5) is 11.2. The number of hydrogen-bond donors (Lipinski definition) is 0. The second-order valence-corrected chi connectivity index (χ2v) is 3.57. The summed E-state index contributed by atoms with van der Waals surface area (Å²) in [6, 6.07) is 9.62. The summed E-state index contributed by atoms with van der Waals surface area (Å²) in [7, 11) is 0. The molecule has 0 bridgehead atoms. The molecule has 16 heavy (non-hydrogen) atoms. The minimum Gasteiger partial charge on any atom is -0.454 e. The number of rotatable bonds is 5. The molecule has 1 aromatic carbocycles. The van der Waals surface area contributed by atoms with Gasteiger partial charge >= 0.3 is 5.97 Å². The van der Waals surface area contributed by atoms with E-state index in [-0.39, 0.29) is 12.0 Å². The van der Waals surface area contributed by atoms with Crippen LogP contribution in [0.5, 0.6) is 0 Å². The Morgan fingerprint density at radius 3 is 2.44 bits per heavy atom. The normalized spacial score (nSPS) is 13.6. The van der Waals surface area contributed by atoms with E-state index in [1.165, 1.54) is 6.08 Å². The van der Waals surface area contributed by atoms with Gasteiger partial charge in [0.25, 0.3) is 0 Å². The summed E-state index contributed by atoms with van der Waals surface area (Å²) in [6.07, 6.45) is 2.64. The van der Waals surface area contributed by atoms with Gasteiger partial charge in [0.1, 0.15) is 6.10 Å².